The standard InChI is InChI=1S/C29H30N6O5/c1-17-11-18(2)35(38)26(30)23(17)14-31-27-32-28(36)34(16-20-4-6-25-22(13-20)8-10-40-25)29(37)33(27)15-19-3-5-24-21(12-19)7-9-39-24/h3-6,11-13,30,38H,7-10,14-16H2,1-2H3,(H,31,32,36). The van der Waals surface area contributed by atoms with Crippen molar-refractivity contribution in [2.24, 2.45) is 0 Å². The van der Waals surface area contributed by atoms with Crippen molar-refractivity contribution in [3.05, 3.63) is 108 Å². The maximum atomic E-state index is 13.8. The lowest BCUT2D eigenvalue weighted by molar-refractivity contribution is 0.162. The van der Waals surface area contributed by atoms with Crippen molar-refractivity contribution in [2.75, 3.05) is 18.5 Å². The molecule has 206 valence electrons. The number of fused-ring (bicyclic) bond motifs is 2. The van der Waals surface area contributed by atoms with E-state index in [1.54, 1.807) is 13.0 Å². The molecule has 2 aliphatic rings. The molecule has 0 spiro atoms. The summed E-state index contributed by atoms with van der Waals surface area (Å²) in [6, 6.07) is 13.3. The third-order valence-corrected chi connectivity index (χ3v) is 7.50. The predicted molar refractivity (Wildman–Crippen MR) is 147 cm³/mol. The number of hydrogen-bond acceptors (Lipinski definition) is 8. The van der Waals surface area contributed by atoms with Crippen LogP contribution in [0.15, 0.2) is 52.1 Å². The highest BCUT2D eigenvalue weighted by Crippen LogP contribution is 2.27. The Bertz CT molecular complexity index is 1820. The first-order valence-electron chi connectivity index (χ1n) is 13.2. The molecule has 40 heavy (non-hydrogen) atoms. The fourth-order valence-corrected chi connectivity index (χ4v) is 5.33. The second-order valence-electron chi connectivity index (χ2n) is 10.2. The number of aryl methyl sites for hydroxylation is 2. The number of ether oxygens (including phenoxy) is 2. The number of hydrogen-bond donors (Lipinski definition) is 3. The smallest absolute Gasteiger partial charge is 0.355 e. The van der Waals surface area contributed by atoms with E-state index in [1.807, 2.05) is 43.3 Å². The van der Waals surface area contributed by atoms with Crippen LogP contribution in [-0.4, -0.2) is 37.3 Å². The SMILES string of the molecule is Cc1cc(C)n(O)c(=N)c1CNc1nc(=O)n(Cc2ccc3c(c2)CCO3)c(=O)n1Cc1ccc2c(c1)CCO2. The van der Waals surface area contributed by atoms with E-state index in [-0.39, 0.29) is 31.1 Å². The van der Waals surface area contributed by atoms with Crippen LogP contribution in [0.25, 0.3) is 0 Å². The first-order valence-corrected chi connectivity index (χ1v) is 13.2. The van der Waals surface area contributed by atoms with Crippen molar-refractivity contribution >= 4 is 5.95 Å². The van der Waals surface area contributed by atoms with Crippen LogP contribution in [-0.2, 0) is 32.5 Å². The molecule has 6 rings (SSSR count). The number of pyridine rings is 1. The summed E-state index contributed by atoms with van der Waals surface area (Å²) in [6.45, 7) is 5.14. The van der Waals surface area contributed by atoms with Crippen molar-refractivity contribution in [1.29, 1.82) is 5.41 Å². The molecule has 2 aromatic carbocycles. The Morgan fingerprint density at radius 3 is 2.15 bits per heavy atom. The Kier molecular flexibility index (Phi) is 6.41. The van der Waals surface area contributed by atoms with Crippen LogP contribution in [0.4, 0.5) is 5.95 Å². The van der Waals surface area contributed by atoms with Crippen molar-refractivity contribution < 1.29 is 14.7 Å². The van der Waals surface area contributed by atoms with E-state index < -0.39 is 11.4 Å². The average Bonchev–Trinajstić information content (AvgIpc) is 3.60. The van der Waals surface area contributed by atoms with Gasteiger partial charge in [0, 0.05) is 24.9 Å². The van der Waals surface area contributed by atoms with Gasteiger partial charge in [0.05, 0.1) is 32.0 Å². The van der Waals surface area contributed by atoms with Crippen LogP contribution in [0.1, 0.15) is 39.1 Å². The van der Waals surface area contributed by atoms with Gasteiger partial charge in [0.25, 0.3) is 0 Å². The van der Waals surface area contributed by atoms with E-state index >= 15 is 0 Å². The Morgan fingerprint density at radius 1 is 0.925 bits per heavy atom. The van der Waals surface area contributed by atoms with E-state index in [9.17, 15) is 14.8 Å². The third kappa shape index (κ3) is 4.63. The van der Waals surface area contributed by atoms with Gasteiger partial charge in [-0.05, 0) is 59.9 Å². The van der Waals surface area contributed by atoms with Crippen LogP contribution in [0.5, 0.6) is 11.5 Å². The summed E-state index contributed by atoms with van der Waals surface area (Å²) in [4.78, 5) is 31.3. The van der Waals surface area contributed by atoms with Gasteiger partial charge in [-0.25, -0.2) is 14.2 Å². The first kappa shape index (κ1) is 25.5. The molecule has 0 fully saturated rings. The van der Waals surface area contributed by atoms with Gasteiger partial charge in [-0.15, -0.1) is 0 Å². The van der Waals surface area contributed by atoms with Gasteiger partial charge in [-0.1, -0.05) is 24.3 Å². The van der Waals surface area contributed by atoms with Gasteiger partial charge in [0.1, 0.15) is 11.5 Å². The quantitative estimate of drug-likeness (QED) is 0.304. The Balaban J connectivity index is 1.39. The van der Waals surface area contributed by atoms with Gasteiger partial charge in [-0.3, -0.25) is 9.98 Å². The molecule has 2 aromatic heterocycles. The largest absolute Gasteiger partial charge is 0.493 e. The molecule has 4 heterocycles. The van der Waals surface area contributed by atoms with Crippen molar-refractivity contribution in [3.63, 3.8) is 0 Å². The van der Waals surface area contributed by atoms with E-state index in [0.717, 1.165) is 61.5 Å². The van der Waals surface area contributed by atoms with Gasteiger partial charge in [-0.2, -0.15) is 9.71 Å². The fourth-order valence-electron chi connectivity index (χ4n) is 5.33. The van der Waals surface area contributed by atoms with Crippen LogP contribution >= 0.6 is 0 Å². The number of aromatic nitrogens is 4. The van der Waals surface area contributed by atoms with Crippen LogP contribution in [0.2, 0.25) is 0 Å². The zero-order chi connectivity index (χ0) is 28.0. The number of benzene rings is 2. The monoisotopic (exact) mass is 542 g/mol. The summed E-state index contributed by atoms with van der Waals surface area (Å²) in [5, 5.41) is 21.6. The molecular weight excluding hydrogens is 512 g/mol. The summed E-state index contributed by atoms with van der Waals surface area (Å²) < 4.78 is 14.6. The molecule has 0 aliphatic carbocycles. The number of rotatable bonds is 7. The number of anilines is 1. The molecule has 0 unspecified atom stereocenters. The molecule has 3 N–H and O–H groups in total. The topological polar surface area (TPSA) is 136 Å². The third-order valence-electron chi connectivity index (χ3n) is 7.50. The maximum Gasteiger partial charge on any atom is 0.355 e. The summed E-state index contributed by atoms with van der Waals surface area (Å²) in [6.07, 6.45) is 1.58. The van der Waals surface area contributed by atoms with Gasteiger partial charge in [0.2, 0.25) is 5.95 Å². The lowest BCUT2D eigenvalue weighted by Crippen LogP contribution is -2.43. The summed E-state index contributed by atoms with van der Waals surface area (Å²) in [5.41, 5.74) is 4.41. The van der Waals surface area contributed by atoms with Crippen molar-refractivity contribution in [1.82, 2.24) is 18.8 Å². The van der Waals surface area contributed by atoms with Crippen molar-refractivity contribution in [3.8, 4) is 11.5 Å². The predicted octanol–water partition coefficient (Wildman–Crippen LogP) is 2.12. The van der Waals surface area contributed by atoms with E-state index in [4.69, 9.17) is 14.9 Å². The molecule has 0 atom stereocenters. The van der Waals surface area contributed by atoms with Gasteiger partial charge in [0.15, 0.2) is 5.49 Å². The summed E-state index contributed by atoms with van der Waals surface area (Å²) in [7, 11) is 0. The molecule has 4 aromatic rings. The van der Waals surface area contributed by atoms with Gasteiger partial charge < -0.3 is 20.0 Å². The minimum atomic E-state index is -0.674. The Morgan fingerprint density at radius 2 is 1.52 bits per heavy atom. The zero-order valence-corrected chi connectivity index (χ0v) is 22.4. The highest BCUT2D eigenvalue weighted by atomic mass is 16.5. The normalized spacial score (nSPS) is 13.4. The number of nitrogens with zero attached hydrogens (tertiary/aromatic N) is 4. The van der Waals surface area contributed by atoms with Crippen molar-refractivity contribution in [2.45, 2.75) is 46.3 Å². The van der Waals surface area contributed by atoms with Crippen LogP contribution in [0, 0.1) is 19.3 Å². The Labute approximate surface area is 229 Å². The molecule has 11 nitrogen and oxygen atoms in total. The lowest BCUT2D eigenvalue weighted by Gasteiger charge is -2.17. The minimum absolute atomic E-state index is 0.0774. The second-order valence-corrected chi connectivity index (χ2v) is 10.2. The molecular formula is C29H30N6O5. The summed E-state index contributed by atoms with van der Waals surface area (Å²) in [5.74, 6) is 1.76. The fraction of sp³-hybridized carbons (Fsp3) is 0.310. The molecule has 2 aliphatic heterocycles. The van der Waals surface area contributed by atoms with E-state index in [0.29, 0.717) is 24.5 Å². The van der Waals surface area contributed by atoms with E-state index in [1.165, 1.54) is 4.57 Å². The molecule has 0 bridgehead atoms. The minimum Gasteiger partial charge on any atom is -0.493 e. The zero-order valence-electron chi connectivity index (χ0n) is 22.4. The molecule has 0 saturated carbocycles. The molecule has 0 amide bonds. The van der Waals surface area contributed by atoms with Crippen LogP contribution in [0.3, 0.4) is 0 Å². The lowest BCUT2D eigenvalue weighted by atomic mass is 10.1. The molecule has 0 radical (unpaired) electrons. The number of nitrogens with one attached hydrogen (secondary N) is 2. The first-order chi connectivity index (χ1) is 19.3. The maximum absolute atomic E-state index is 13.8. The second kappa shape index (κ2) is 10.1. The van der Waals surface area contributed by atoms with Crippen LogP contribution < -0.4 is 31.7 Å². The van der Waals surface area contributed by atoms with E-state index in [2.05, 4.69) is 10.3 Å². The highest BCUT2D eigenvalue weighted by Gasteiger charge is 2.19. The average molecular weight is 543 g/mol. The highest BCUT2D eigenvalue weighted by molar-refractivity contribution is 5.41. The van der Waals surface area contributed by atoms with Gasteiger partial charge >= 0.3 is 11.4 Å². The molecule has 0 saturated heterocycles. The summed E-state index contributed by atoms with van der Waals surface area (Å²) >= 11 is 0. The Hall–Kier alpha value is -4.80. The molecule has 11 heteroatoms.